The van der Waals surface area contributed by atoms with Crippen molar-refractivity contribution in [3.05, 3.63) is 0 Å². The van der Waals surface area contributed by atoms with Crippen LogP contribution in [-0.2, 0) is 104 Å². The fourth-order valence-corrected chi connectivity index (χ4v) is 14.9. The molecule has 117 heavy (non-hydrogen) atoms. The van der Waals surface area contributed by atoms with Crippen LogP contribution in [0.4, 0.5) is 0 Å². The minimum atomic E-state index is -3.08. The van der Waals surface area contributed by atoms with Crippen molar-refractivity contribution >= 4 is 29.6 Å². The number of aliphatic carboxylic acids is 1. The Kier molecular flexibility index (Phi) is 34.2. The lowest BCUT2D eigenvalue weighted by Crippen LogP contribution is -2.71. The zero-order valence-corrected chi connectivity index (χ0v) is 63.0. The third-order valence-electron chi connectivity index (χ3n) is 21.3. The fourth-order valence-electron chi connectivity index (χ4n) is 14.9. The molecule has 9 saturated heterocycles. The summed E-state index contributed by atoms with van der Waals surface area (Å²) in [6.07, 6.45) is -86.9. The first-order valence-corrected chi connectivity index (χ1v) is 37.1. The first-order valence-electron chi connectivity index (χ1n) is 37.1. The van der Waals surface area contributed by atoms with Gasteiger partial charge in [0.05, 0.1) is 71.1 Å². The molecule has 52 nitrogen and oxygen atoms in total. The number of carbonyl (C=O) groups is 5. The van der Waals surface area contributed by atoms with Crippen LogP contribution in [0.1, 0.15) is 41.0 Å². The van der Waals surface area contributed by atoms with E-state index in [4.69, 9.17) is 80.5 Å². The summed E-state index contributed by atoms with van der Waals surface area (Å²) < 4.78 is 99.7. The highest BCUT2D eigenvalue weighted by molar-refractivity contribution is 5.77. The lowest BCUT2D eigenvalue weighted by Gasteiger charge is -2.51. The van der Waals surface area contributed by atoms with E-state index in [1.54, 1.807) is 0 Å². The summed E-state index contributed by atoms with van der Waals surface area (Å²) in [5, 5.41) is 297. The molecule has 0 aliphatic carbocycles. The van der Waals surface area contributed by atoms with Crippen LogP contribution >= 0.6 is 0 Å². The maximum Gasteiger partial charge on any atom is 0.364 e. The highest BCUT2D eigenvalue weighted by Crippen LogP contribution is 2.41. The van der Waals surface area contributed by atoms with Gasteiger partial charge in [0.1, 0.15) is 207 Å². The van der Waals surface area contributed by atoms with E-state index in [1.165, 1.54) is 6.92 Å². The van der Waals surface area contributed by atoms with Gasteiger partial charge in [-0.25, -0.2) is 4.79 Å². The Morgan fingerprint density at radius 3 is 1.24 bits per heavy atom. The minimum Gasteiger partial charge on any atom is -0.477 e. The Morgan fingerprint density at radius 1 is 0.368 bits per heavy atom. The highest BCUT2D eigenvalue weighted by atomic mass is 16.8. The van der Waals surface area contributed by atoms with Gasteiger partial charge in [-0.05, 0) is 6.92 Å². The van der Waals surface area contributed by atoms with Gasteiger partial charge >= 0.3 is 5.97 Å². The van der Waals surface area contributed by atoms with E-state index in [0.717, 1.165) is 27.7 Å². The highest BCUT2D eigenvalue weighted by Gasteiger charge is 2.62. The molecule has 0 aromatic rings. The van der Waals surface area contributed by atoms with Gasteiger partial charge in [0.25, 0.3) is 5.79 Å². The molecule has 9 fully saturated rings. The second-order valence-corrected chi connectivity index (χ2v) is 29.7. The van der Waals surface area contributed by atoms with Crippen molar-refractivity contribution in [1.29, 1.82) is 0 Å². The topological polar surface area (TPSA) is 816 Å². The van der Waals surface area contributed by atoms with Gasteiger partial charge < -0.3 is 235 Å². The monoisotopic (exact) mass is 1710 g/mol. The van der Waals surface area contributed by atoms with Crippen molar-refractivity contribution in [2.45, 2.75) is 323 Å². The second kappa shape index (κ2) is 41.4. The number of amides is 4. The zero-order valence-electron chi connectivity index (χ0n) is 63.0. The van der Waals surface area contributed by atoms with Crippen LogP contribution in [-0.4, -0.2) is 497 Å². The van der Waals surface area contributed by atoms with Crippen molar-refractivity contribution < 1.29 is 237 Å². The van der Waals surface area contributed by atoms with Gasteiger partial charge in [-0.3, -0.25) is 19.2 Å². The minimum absolute atomic E-state index is 0.827. The van der Waals surface area contributed by atoms with E-state index in [-0.39, 0.29) is 0 Å². The number of rotatable bonds is 31. The standard InChI is InChI=1S/C65H108N4O48/c1-15-33(81)42(90)46(94)59(104-15)102-13-28-52(39(87)30(56(98)105-28)67-17(3)76)112-57-31(68-18(4)77)40(88)51(25(11-74)108-57)114-62-49(97)54(38(86)26(110-62)12-101-60-47(95)43(91)35(83)22(8-71)106-60)115-63-55(45(93)36(84)23(9-72)107-63)116-58-32(69-19(5)78)41(89)50(24(10-73)109-58)113-61-48(96)44(92)37(85)27(111-61)14-103-65(64(99)100)6-20(79)29(66-16(2)75)53(117-65)34(82)21(80)7-70/h15,20-63,70-74,79-98H,6-14H2,1-5H3,(H,66,75)(H,67,76)(H,68,77)(H,69,78)(H,99,100)/t15-,20-,21+,22+,23+,24+,25+,26+,27+,28+,29+,30+,31+,32+,33+,34+,35+,36+,37-,38+,39+,40+,41+,42+,43-,44-,45-,46-,47-,48+,49-,50+,51+,52+,53+,54-,55-,56+,57-,58-,59-,60+,61-,62-,63-,65-/m0/s1. The van der Waals surface area contributed by atoms with Crippen molar-refractivity contribution in [3.63, 3.8) is 0 Å². The van der Waals surface area contributed by atoms with Gasteiger partial charge in [-0.2, -0.15) is 0 Å². The number of hydrogen-bond acceptors (Lipinski definition) is 47. The number of aliphatic hydroxyl groups is 25. The normalized spacial score (nSPS) is 47.9. The molecule has 0 radical (unpaired) electrons. The maximum absolute atomic E-state index is 13.1. The molecule has 52 heteroatoms. The Balaban J connectivity index is 0.983. The first kappa shape index (κ1) is 96.5. The van der Waals surface area contributed by atoms with Crippen molar-refractivity contribution in [1.82, 2.24) is 21.3 Å². The van der Waals surface area contributed by atoms with Crippen molar-refractivity contribution in [2.75, 3.05) is 52.9 Å². The molecular formula is C65H108N4O48. The summed E-state index contributed by atoms with van der Waals surface area (Å²) in [4.78, 5) is 63.6. The molecule has 0 saturated carbocycles. The zero-order chi connectivity index (χ0) is 86.6. The molecule has 676 valence electrons. The SMILES string of the molecule is CC(=O)N[C@@H]1[C@@H](O)[C@H](O[C@@H]2O[C@H](CO)[C@@H](O[C@@H]3O[C@H](CO[C@@H]4O[C@H](CO)[C@@H](O)[C@H](O)[C@@H]4O)[C@@H](O)[C@H](O[C@@H]4O[C@H](CO)[C@@H](O)[C@H](O)[C@@H]4O[C@@H]4O[C@H](CO)[C@@H](O[C@@H]5O[C@H](CO[C@@]6(C(=O)O)C[C@H](O)[C@@H](NC(C)=O)[C@H]([C@H](O)[C@H](O)CO)O6)[C@H](O)[C@H](O)[C@H]5O)[C@H](O)[C@H]4NC(C)=O)[C@@H]3O)[C@H](O)[C@H]2NC(C)=O)[C@@H](CO[C@H]2O[C@@H](C)[C@@H](O)[C@@H](O)[C@@H]2O)O[C@H]1O. The molecule has 0 aromatic carbocycles. The number of ether oxygens (including phenoxy) is 17. The molecule has 0 aromatic heterocycles. The largest absolute Gasteiger partial charge is 0.477 e. The van der Waals surface area contributed by atoms with Crippen LogP contribution < -0.4 is 21.3 Å². The Labute approximate surface area is 662 Å². The summed E-state index contributed by atoms with van der Waals surface area (Å²) in [5.74, 6) is -8.76. The van der Waals surface area contributed by atoms with Crippen LogP contribution in [0.2, 0.25) is 0 Å². The predicted octanol–water partition coefficient (Wildman–Crippen LogP) is -19.8. The summed E-state index contributed by atoms with van der Waals surface area (Å²) >= 11 is 0. The fraction of sp³-hybridized carbons (Fsp3) is 0.923. The van der Waals surface area contributed by atoms with E-state index in [9.17, 15) is 157 Å². The van der Waals surface area contributed by atoms with Gasteiger partial charge in [0.2, 0.25) is 23.6 Å². The number of carboxylic acid groups (broad SMARTS) is 1. The van der Waals surface area contributed by atoms with E-state index in [1.807, 2.05) is 0 Å². The van der Waals surface area contributed by atoms with Crippen LogP contribution in [0.5, 0.6) is 0 Å². The molecule has 0 unspecified atom stereocenters. The molecule has 9 rings (SSSR count). The molecule has 0 spiro atoms. The third-order valence-corrected chi connectivity index (χ3v) is 21.3. The summed E-state index contributed by atoms with van der Waals surface area (Å²) in [7, 11) is 0. The van der Waals surface area contributed by atoms with Gasteiger partial charge in [0, 0.05) is 34.1 Å². The molecule has 30 N–H and O–H groups in total. The number of carboxylic acids is 1. The molecule has 9 heterocycles. The van der Waals surface area contributed by atoms with Crippen LogP contribution in [0.25, 0.3) is 0 Å². The van der Waals surface area contributed by atoms with E-state index >= 15 is 0 Å². The van der Waals surface area contributed by atoms with Crippen LogP contribution in [0, 0.1) is 0 Å². The third kappa shape index (κ3) is 21.5. The Morgan fingerprint density at radius 2 is 0.744 bits per heavy atom. The second-order valence-electron chi connectivity index (χ2n) is 29.7. The first-order chi connectivity index (χ1) is 55.1. The number of hydrogen-bond donors (Lipinski definition) is 30. The van der Waals surface area contributed by atoms with Crippen molar-refractivity contribution in [2.24, 2.45) is 0 Å². The summed E-state index contributed by atoms with van der Waals surface area (Å²) in [6, 6.07) is -7.43. The maximum atomic E-state index is 13.1. The van der Waals surface area contributed by atoms with E-state index in [0.29, 0.717) is 0 Å². The molecule has 46 atom stereocenters. The summed E-state index contributed by atoms with van der Waals surface area (Å²) in [5.41, 5.74) is 0. The Hall–Kier alpha value is -4.33. The van der Waals surface area contributed by atoms with Crippen LogP contribution in [0.15, 0.2) is 0 Å². The van der Waals surface area contributed by atoms with Crippen LogP contribution in [0.3, 0.4) is 0 Å². The molecule has 0 bridgehead atoms. The molecule has 9 aliphatic heterocycles. The number of nitrogens with one attached hydrogen (secondary N) is 4. The van der Waals surface area contributed by atoms with Gasteiger partial charge in [-0.15, -0.1) is 0 Å². The van der Waals surface area contributed by atoms with E-state index < -0.39 is 371 Å². The average molecular weight is 1710 g/mol. The average Bonchev–Trinajstić information content (AvgIpc) is 0.765. The quantitative estimate of drug-likeness (QED) is 0.0306. The van der Waals surface area contributed by atoms with Gasteiger partial charge in [-0.1, -0.05) is 0 Å². The number of aliphatic hydroxyl groups excluding tert-OH is 25. The lowest BCUT2D eigenvalue weighted by atomic mass is 9.88. The smallest absolute Gasteiger partial charge is 0.364 e. The number of carbonyl (C=O) groups excluding carboxylic acids is 4. The van der Waals surface area contributed by atoms with Crippen molar-refractivity contribution in [3.8, 4) is 0 Å². The molecule has 9 aliphatic rings. The molecule has 4 amide bonds. The van der Waals surface area contributed by atoms with E-state index in [2.05, 4.69) is 21.3 Å². The van der Waals surface area contributed by atoms with Gasteiger partial charge in [0.15, 0.2) is 50.3 Å². The predicted molar refractivity (Wildman–Crippen MR) is 359 cm³/mol. The molecular weight excluding hydrogens is 1600 g/mol. The Bertz CT molecular complexity index is 3190. The lowest BCUT2D eigenvalue weighted by molar-refractivity contribution is -0.398. The summed E-state index contributed by atoms with van der Waals surface area (Å²) in [6.45, 7) is -3.81.